The third-order valence-corrected chi connectivity index (χ3v) is 5.08. The molecule has 0 bridgehead atoms. The quantitative estimate of drug-likeness (QED) is 0.774. The fourth-order valence-electron chi connectivity index (χ4n) is 4.16. The predicted molar refractivity (Wildman–Crippen MR) is 103 cm³/mol. The van der Waals surface area contributed by atoms with E-state index in [9.17, 15) is 4.79 Å². The first-order valence-corrected chi connectivity index (χ1v) is 9.10. The molecule has 0 saturated carbocycles. The van der Waals surface area contributed by atoms with Crippen LogP contribution in [0.4, 0.5) is 0 Å². The second kappa shape index (κ2) is 10.9. The molecule has 148 valence electrons. The first-order valence-electron chi connectivity index (χ1n) is 9.10. The second-order valence-electron chi connectivity index (χ2n) is 7.29. The lowest BCUT2D eigenvalue weighted by Crippen LogP contribution is -2.52. The third-order valence-electron chi connectivity index (χ3n) is 5.08. The topological polar surface area (TPSA) is 54.0 Å². The number of rotatable bonds is 4. The highest BCUT2D eigenvalue weighted by atomic mass is 35.5. The van der Waals surface area contributed by atoms with Gasteiger partial charge in [-0.05, 0) is 26.7 Å². The maximum absolute atomic E-state index is 12.7. The van der Waals surface area contributed by atoms with E-state index in [4.69, 9.17) is 9.47 Å². The standard InChI is InChI=1S/C17H31N3O3.2ClH/c1-13-9-19(10-14(2)23-13)11-16-4-3-6-20(16)17(21)8-15-12-22-7-5-18-15;;/h13-16,18H,3-12H2,1-2H3;2*1H. The van der Waals surface area contributed by atoms with Gasteiger partial charge in [0.1, 0.15) is 0 Å². The zero-order chi connectivity index (χ0) is 16.2. The summed E-state index contributed by atoms with van der Waals surface area (Å²) >= 11 is 0. The summed E-state index contributed by atoms with van der Waals surface area (Å²) in [5, 5.41) is 3.38. The highest BCUT2D eigenvalue weighted by molar-refractivity contribution is 5.85. The molecule has 3 heterocycles. The zero-order valence-electron chi connectivity index (χ0n) is 15.3. The summed E-state index contributed by atoms with van der Waals surface area (Å²) in [7, 11) is 0. The number of amides is 1. The number of hydrogen-bond donors (Lipinski definition) is 1. The Bertz CT molecular complexity index is 401. The van der Waals surface area contributed by atoms with Gasteiger partial charge in [0.15, 0.2) is 0 Å². The molecule has 4 atom stereocenters. The molecule has 4 unspecified atom stereocenters. The van der Waals surface area contributed by atoms with Crippen LogP contribution in [-0.4, -0.2) is 85.9 Å². The lowest BCUT2D eigenvalue weighted by atomic mass is 10.1. The van der Waals surface area contributed by atoms with Gasteiger partial charge in [0.05, 0.1) is 25.4 Å². The van der Waals surface area contributed by atoms with Gasteiger partial charge in [0.25, 0.3) is 0 Å². The molecule has 0 spiro atoms. The molecule has 0 aromatic rings. The minimum atomic E-state index is 0. The van der Waals surface area contributed by atoms with E-state index in [2.05, 4.69) is 29.0 Å². The van der Waals surface area contributed by atoms with E-state index in [0.29, 0.717) is 19.1 Å². The van der Waals surface area contributed by atoms with Crippen LogP contribution >= 0.6 is 24.8 Å². The normalized spacial score (nSPS) is 33.4. The summed E-state index contributed by atoms with van der Waals surface area (Å²) < 4.78 is 11.3. The zero-order valence-corrected chi connectivity index (χ0v) is 16.9. The maximum Gasteiger partial charge on any atom is 0.224 e. The molecule has 0 aromatic heterocycles. The SMILES string of the molecule is CC1CN(CC2CCCN2C(=O)CC2COCCN2)CC(C)O1.Cl.Cl. The summed E-state index contributed by atoms with van der Waals surface area (Å²) in [5.41, 5.74) is 0. The molecular formula is C17H33Cl2N3O3. The van der Waals surface area contributed by atoms with Crippen LogP contribution in [0.2, 0.25) is 0 Å². The van der Waals surface area contributed by atoms with E-state index in [1.54, 1.807) is 0 Å². The van der Waals surface area contributed by atoms with E-state index in [0.717, 1.165) is 52.2 Å². The van der Waals surface area contributed by atoms with E-state index in [-0.39, 0.29) is 49.0 Å². The number of halogens is 2. The van der Waals surface area contributed by atoms with Crippen LogP contribution < -0.4 is 5.32 Å². The van der Waals surface area contributed by atoms with Crippen molar-refractivity contribution in [3.63, 3.8) is 0 Å². The van der Waals surface area contributed by atoms with Crippen LogP contribution in [0.1, 0.15) is 33.1 Å². The lowest BCUT2D eigenvalue weighted by molar-refractivity contribution is -0.134. The molecule has 3 saturated heterocycles. The first-order chi connectivity index (χ1) is 11.1. The van der Waals surface area contributed by atoms with Crippen LogP contribution in [0, 0.1) is 0 Å². The third kappa shape index (κ3) is 6.52. The van der Waals surface area contributed by atoms with Gasteiger partial charge in [0.2, 0.25) is 5.91 Å². The number of likely N-dealkylation sites (tertiary alicyclic amines) is 1. The summed E-state index contributed by atoms with van der Waals surface area (Å²) in [5.74, 6) is 0.282. The van der Waals surface area contributed by atoms with Gasteiger partial charge in [-0.1, -0.05) is 0 Å². The number of carbonyl (C=O) groups excluding carboxylic acids is 1. The maximum atomic E-state index is 12.7. The Kier molecular flexibility index (Phi) is 10.00. The Morgan fingerprint density at radius 1 is 1.20 bits per heavy atom. The Morgan fingerprint density at radius 3 is 2.56 bits per heavy atom. The molecule has 3 aliphatic rings. The molecule has 0 radical (unpaired) electrons. The molecular weight excluding hydrogens is 365 g/mol. The molecule has 0 aliphatic carbocycles. The molecule has 8 heteroatoms. The summed E-state index contributed by atoms with van der Waals surface area (Å²) in [6.45, 7) is 10.4. The van der Waals surface area contributed by atoms with E-state index < -0.39 is 0 Å². The number of ether oxygens (including phenoxy) is 2. The second-order valence-corrected chi connectivity index (χ2v) is 7.29. The van der Waals surface area contributed by atoms with Gasteiger partial charge in [0, 0.05) is 51.2 Å². The number of hydrogen-bond acceptors (Lipinski definition) is 5. The number of morpholine rings is 2. The monoisotopic (exact) mass is 397 g/mol. The summed E-state index contributed by atoms with van der Waals surface area (Å²) in [6, 6.07) is 0.547. The number of nitrogens with zero attached hydrogens (tertiary/aromatic N) is 2. The van der Waals surface area contributed by atoms with Gasteiger partial charge >= 0.3 is 0 Å². The minimum Gasteiger partial charge on any atom is -0.378 e. The number of nitrogens with one attached hydrogen (secondary N) is 1. The highest BCUT2D eigenvalue weighted by Gasteiger charge is 2.33. The van der Waals surface area contributed by atoms with Crippen LogP contribution in [0.25, 0.3) is 0 Å². The van der Waals surface area contributed by atoms with Crippen molar-refractivity contribution in [3.05, 3.63) is 0 Å². The van der Waals surface area contributed by atoms with Gasteiger partial charge < -0.3 is 19.7 Å². The average molecular weight is 398 g/mol. The fraction of sp³-hybridized carbons (Fsp3) is 0.941. The molecule has 0 aromatic carbocycles. The molecule has 3 fully saturated rings. The van der Waals surface area contributed by atoms with Gasteiger partial charge in [-0.15, -0.1) is 24.8 Å². The van der Waals surface area contributed by atoms with Crippen molar-refractivity contribution >= 4 is 30.7 Å². The Balaban J connectivity index is 0.00000156. The molecule has 1 N–H and O–H groups in total. The van der Waals surface area contributed by atoms with Crippen molar-refractivity contribution in [1.82, 2.24) is 15.1 Å². The number of carbonyl (C=O) groups is 1. The van der Waals surface area contributed by atoms with Crippen molar-refractivity contribution in [2.24, 2.45) is 0 Å². The molecule has 6 nitrogen and oxygen atoms in total. The fourth-order valence-corrected chi connectivity index (χ4v) is 4.16. The molecule has 1 amide bonds. The van der Waals surface area contributed by atoms with Gasteiger partial charge in [-0.25, -0.2) is 0 Å². The molecule has 3 aliphatic heterocycles. The molecule has 3 rings (SSSR count). The Hall–Kier alpha value is -0.110. The van der Waals surface area contributed by atoms with Crippen LogP contribution in [0.15, 0.2) is 0 Å². The lowest BCUT2D eigenvalue weighted by Gasteiger charge is -2.38. The van der Waals surface area contributed by atoms with E-state index >= 15 is 0 Å². The minimum absolute atomic E-state index is 0. The summed E-state index contributed by atoms with van der Waals surface area (Å²) in [4.78, 5) is 17.3. The van der Waals surface area contributed by atoms with Gasteiger partial charge in [-0.2, -0.15) is 0 Å². The molecule has 25 heavy (non-hydrogen) atoms. The largest absolute Gasteiger partial charge is 0.378 e. The highest BCUT2D eigenvalue weighted by Crippen LogP contribution is 2.22. The Labute approximate surface area is 163 Å². The van der Waals surface area contributed by atoms with Crippen molar-refractivity contribution in [1.29, 1.82) is 0 Å². The Morgan fingerprint density at radius 2 is 1.92 bits per heavy atom. The van der Waals surface area contributed by atoms with Crippen molar-refractivity contribution in [2.45, 2.75) is 57.4 Å². The summed E-state index contributed by atoms with van der Waals surface area (Å²) in [6.07, 6.45) is 3.38. The van der Waals surface area contributed by atoms with Crippen LogP contribution in [-0.2, 0) is 14.3 Å². The van der Waals surface area contributed by atoms with E-state index in [1.807, 2.05) is 0 Å². The van der Waals surface area contributed by atoms with Gasteiger partial charge in [-0.3, -0.25) is 9.69 Å². The smallest absolute Gasteiger partial charge is 0.224 e. The first kappa shape index (κ1) is 22.9. The van der Waals surface area contributed by atoms with Crippen LogP contribution in [0.3, 0.4) is 0 Å². The van der Waals surface area contributed by atoms with Crippen molar-refractivity contribution in [2.75, 3.05) is 45.9 Å². The van der Waals surface area contributed by atoms with Crippen molar-refractivity contribution in [3.8, 4) is 0 Å². The van der Waals surface area contributed by atoms with Crippen molar-refractivity contribution < 1.29 is 14.3 Å². The predicted octanol–water partition coefficient (Wildman–Crippen LogP) is 1.31. The van der Waals surface area contributed by atoms with Crippen LogP contribution in [0.5, 0.6) is 0 Å². The van der Waals surface area contributed by atoms with E-state index in [1.165, 1.54) is 0 Å². The average Bonchev–Trinajstić information content (AvgIpc) is 2.95.